The van der Waals surface area contributed by atoms with E-state index >= 15 is 0 Å². The second-order valence-corrected chi connectivity index (χ2v) is 7.34. The number of benzene rings is 2. The number of anilines is 1. The topological polar surface area (TPSA) is 50.4 Å². The third-order valence-electron chi connectivity index (χ3n) is 4.46. The Morgan fingerprint density at radius 3 is 2.41 bits per heavy atom. The summed E-state index contributed by atoms with van der Waals surface area (Å²) in [5.74, 6) is 0.0606. The Labute approximate surface area is 167 Å². The van der Waals surface area contributed by atoms with Crippen molar-refractivity contribution in [2.24, 2.45) is 5.92 Å². The SMILES string of the molecule is CCOC(=O)c1ccc(NC(=S)NC(c2ccccc2C)C(C)C)c(C)c1. The number of thiocarbonyl (C=S) groups is 1. The molecule has 2 aromatic rings. The van der Waals surface area contributed by atoms with E-state index < -0.39 is 0 Å². The van der Waals surface area contributed by atoms with Crippen molar-refractivity contribution in [3.8, 4) is 0 Å². The molecule has 0 saturated heterocycles. The highest BCUT2D eigenvalue weighted by molar-refractivity contribution is 7.80. The Morgan fingerprint density at radius 2 is 1.81 bits per heavy atom. The average Bonchev–Trinajstić information content (AvgIpc) is 2.62. The maximum Gasteiger partial charge on any atom is 0.338 e. The highest BCUT2D eigenvalue weighted by atomic mass is 32.1. The summed E-state index contributed by atoms with van der Waals surface area (Å²) in [5.41, 5.74) is 4.82. The van der Waals surface area contributed by atoms with E-state index in [0.717, 1.165) is 11.3 Å². The Morgan fingerprint density at radius 1 is 1.11 bits per heavy atom. The third-order valence-corrected chi connectivity index (χ3v) is 4.68. The first-order valence-electron chi connectivity index (χ1n) is 9.24. The lowest BCUT2D eigenvalue weighted by molar-refractivity contribution is 0.0526. The van der Waals surface area contributed by atoms with E-state index in [0.29, 0.717) is 23.2 Å². The number of aryl methyl sites for hydroxylation is 2. The number of hydrogen-bond acceptors (Lipinski definition) is 3. The first-order chi connectivity index (χ1) is 12.8. The summed E-state index contributed by atoms with van der Waals surface area (Å²) in [7, 11) is 0. The van der Waals surface area contributed by atoms with Crippen molar-refractivity contribution in [3.63, 3.8) is 0 Å². The van der Waals surface area contributed by atoms with Crippen molar-refractivity contribution < 1.29 is 9.53 Å². The number of rotatable bonds is 6. The molecule has 0 aromatic heterocycles. The third kappa shape index (κ3) is 5.54. The summed E-state index contributed by atoms with van der Waals surface area (Å²) in [6.45, 7) is 10.6. The Balaban J connectivity index is 2.12. The molecular weight excluding hydrogens is 356 g/mol. The first kappa shape index (κ1) is 20.9. The maximum atomic E-state index is 11.9. The average molecular weight is 385 g/mol. The van der Waals surface area contributed by atoms with Gasteiger partial charge in [-0.25, -0.2) is 4.79 Å². The molecule has 1 atom stereocenters. The summed E-state index contributed by atoms with van der Waals surface area (Å²) < 4.78 is 5.05. The summed E-state index contributed by atoms with van der Waals surface area (Å²) in [5, 5.41) is 7.25. The number of hydrogen-bond donors (Lipinski definition) is 2. The number of carbonyl (C=O) groups excluding carboxylic acids is 1. The molecule has 0 heterocycles. The molecule has 5 heteroatoms. The lowest BCUT2D eigenvalue weighted by atomic mass is 9.93. The molecule has 1 unspecified atom stereocenters. The van der Waals surface area contributed by atoms with Gasteiger partial charge in [0.1, 0.15) is 0 Å². The quantitative estimate of drug-likeness (QED) is 0.532. The molecule has 0 saturated carbocycles. The van der Waals surface area contributed by atoms with Crippen molar-refractivity contribution in [1.29, 1.82) is 0 Å². The van der Waals surface area contributed by atoms with Crippen LogP contribution in [0.5, 0.6) is 0 Å². The normalized spacial score (nSPS) is 11.8. The van der Waals surface area contributed by atoms with Crippen LogP contribution in [0.3, 0.4) is 0 Å². The Bertz CT molecular complexity index is 818. The molecule has 0 fully saturated rings. The van der Waals surface area contributed by atoms with Gasteiger partial charge in [0.05, 0.1) is 18.2 Å². The molecule has 27 heavy (non-hydrogen) atoms. The summed E-state index contributed by atoms with van der Waals surface area (Å²) in [4.78, 5) is 11.9. The van der Waals surface area contributed by atoms with Gasteiger partial charge in [-0.05, 0) is 73.8 Å². The van der Waals surface area contributed by atoms with Crippen LogP contribution in [0.15, 0.2) is 42.5 Å². The van der Waals surface area contributed by atoms with Gasteiger partial charge in [0.15, 0.2) is 5.11 Å². The summed E-state index contributed by atoms with van der Waals surface area (Å²) in [6.07, 6.45) is 0. The minimum atomic E-state index is -0.313. The predicted molar refractivity (Wildman–Crippen MR) is 115 cm³/mol. The van der Waals surface area contributed by atoms with Crippen LogP contribution in [0, 0.1) is 19.8 Å². The molecule has 0 bridgehead atoms. The van der Waals surface area contributed by atoms with Gasteiger partial charge in [-0.3, -0.25) is 0 Å². The van der Waals surface area contributed by atoms with Crippen LogP contribution in [0.1, 0.15) is 53.9 Å². The lowest BCUT2D eigenvalue weighted by Gasteiger charge is -2.26. The predicted octanol–water partition coefficient (Wildman–Crippen LogP) is 5.16. The minimum Gasteiger partial charge on any atom is -0.462 e. The van der Waals surface area contributed by atoms with Crippen LogP contribution in [-0.2, 0) is 4.74 Å². The molecule has 0 spiro atoms. The zero-order valence-electron chi connectivity index (χ0n) is 16.6. The van der Waals surface area contributed by atoms with Crippen LogP contribution < -0.4 is 10.6 Å². The van der Waals surface area contributed by atoms with E-state index in [1.807, 2.05) is 31.2 Å². The second kappa shape index (κ2) is 9.51. The number of nitrogens with one attached hydrogen (secondary N) is 2. The van der Waals surface area contributed by atoms with Gasteiger partial charge in [-0.15, -0.1) is 0 Å². The Hall–Kier alpha value is -2.40. The van der Waals surface area contributed by atoms with Crippen molar-refractivity contribution in [2.45, 2.75) is 40.7 Å². The van der Waals surface area contributed by atoms with Gasteiger partial charge in [0.2, 0.25) is 0 Å². The highest BCUT2D eigenvalue weighted by Gasteiger charge is 2.19. The van der Waals surface area contributed by atoms with Gasteiger partial charge in [-0.1, -0.05) is 38.1 Å². The zero-order chi connectivity index (χ0) is 20.0. The fraction of sp³-hybridized carbons (Fsp3) is 0.364. The van der Waals surface area contributed by atoms with E-state index in [2.05, 4.69) is 43.5 Å². The van der Waals surface area contributed by atoms with E-state index in [1.165, 1.54) is 11.1 Å². The van der Waals surface area contributed by atoms with Crippen molar-refractivity contribution >= 4 is 29.0 Å². The van der Waals surface area contributed by atoms with Gasteiger partial charge < -0.3 is 15.4 Å². The van der Waals surface area contributed by atoms with Gasteiger partial charge in [0, 0.05) is 5.69 Å². The van der Waals surface area contributed by atoms with Crippen molar-refractivity contribution in [3.05, 3.63) is 64.7 Å². The van der Waals surface area contributed by atoms with Crippen LogP contribution in [0.4, 0.5) is 5.69 Å². The molecule has 0 aliphatic rings. The highest BCUT2D eigenvalue weighted by Crippen LogP contribution is 2.25. The molecule has 2 aromatic carbocycles. The maximum absolute atomic E-state index is 11.9. The molecule has 2 N–H and O–H groups in total. The molecule has 144 valence electrons. The van der Waals surface area contributed by atoms with Gasteiger partial charge in [0.25, 0.3) is 0 Å². The van der Waals surface area contributed by atoms with Gasteiger partial charge >= 0.3 is 5.97 Å². The summed E-state index contributed by atoms with van der Waals surface area (Å²) >= 11 is 5.55. The zero-order valence-corrected chi connectivity index (χ0v) is 17.4. The van der Waals surface area contributed by atoms with Crippen molar-refractivity contribution in [2.75, 3.05) is 11.9 Å². The molecule has 0 radical (unpaired) electrons. The Kier molecular flexibility index (Phi) is 7.36. The summed E-state index contributed by atoms with van der Waals surface area (Å²) in [6, 6.07) is 13.9. The molecule has 0 amide bonds. The van der Waals surface area contributed by atoms with Gasteiger partial charge in [-0.2, -0.15) is 0 Å². The number of esters is 1. The monoisotopic (exact) mass is 384 g/mol. The largest absolute Gasteiger partial charge is 0.462 e. The molecular formula is C22H28N2O2S. The number of ether oxygens (including phenoxy) is 1. The fourth-order valence-electron chi connectivity index (χ4n) is 2.98. The van der Waals surface area contributed by atoms with Crippen LogP contribution >= 0.6 is 12.2 Å². The molecule has 0 aliphatic carbocycles. The van der Waals surface area contributed by atoms with E-state index in [9.17, 15) is 4.79 Å². The lowest BCUT2D eigenvalue weighted by Crippen LogP contribution is -2.35. The first-order valence-corrected chi connectivity index (χ1v) is 9.65. The van der Waals surface area contributed by atoms with Crippen molar-refractivity contribution in [1.82, 2.24) is 5.32 Å². The minimum absolute atomic E-state index is 0.116. The smallest absolute Gasteiger partial charge is 0.338 e. The van der Waals surface area contributed by atoms with E-state index in [4.69, 9.17) is 17.0 Å². The molecule has 0 aliphatic heterocycles. The van der Waals surface area contributed by atoms with Crippen LogP contribution in [0.25, 0.3) is 0 Å². The standard InChI is InChI=1S/C22H28N2O2S/c1-6-26-21(25)17-11-12-19(16(5)13-17)23-22(27)24-20(14(2)3)18-10-8-7-9-15(18)4/h7-14,20H,6H2,1-5H3,(H2,23,24,27). The van der Waals surface area contributed by atoms with E-state index in [-0.39, 0.29) is 12.0 Å². The van der Waals surface area contributed by atoms with E-state index in [1.54, 1.807) is 13.0 Å². The number of carbonyl (C=O) groups is 1. The van der Waals surface area contributed by atoms with Crippen LogP contribution in [0.2, 0.25) is 0 Å². The molecule has 4 nitrogen and oxygen atoms in total. The second-order valence-electron chi connectivity index (χ2n) is 6.93. The van der Waals surface area contributed by atoms with Crippen LogP contribution in [-0.4, -0.2) is 17.7 Å². The molecule has 2 rings (SSSR count). The fourth-order valence-corrected chi connectivity index (χ4v) is 3.22.